The van der Waals surface area contributed by atoms with E-state index in [9.17, 15) is 0 Å². The largest absolute Gasteiger partial charge is 0.308 e. The van der Waals surface area contributed by atoms with E-state index in [4.69, 9.17) is 0 Å². The zero-order valence-corrected chi connectivity index (χ0v) is 14.4. The summed E-state index contributed by atoms with van der Waals surface area (Å²) in [6.07, 6.45) is 14.3. The molecule has 3 fully saturated rings. The fraction of sp³-hybridized carbons (Fsp3) is 1.00. The first-order valence-corrected chi connectivity index (χ1v) is 9.75. The molecule has 1 spiro atoms. The monoisotopic (exact) mass is 292 g/mol. The molecule has 0 aromatic heterocycles. The van der Waals surface area contributed by atoms with Gasteiger partial charge in [0.25, 0.3) is 0 Å². The minimum atomic E-state index is 0.494. The topological polar surface area (TPSA) is 15.3 Å². The lowest BCUT2D eigenvalue weighted by molar-refractivity contribution is 0.0533. The Morgan fingerprint density at radius 3 is 2.57 bits per heavy atom. The molecule has 2 nitrogen and oxygen atoms in total. The summed E-state index contributed by atoms with van der Waals surface area (Å²) in [5.74, 6) is 1.95. The molecule has 2 atom stereocenters. The molecule has 1 heterocycles. The first kappa shape index (κ1) is 15.8. The van der Waals surface area contributed by atoms with Crippen molar-refractivity contribution in [2.75, 3.05) is 19.6 Å². The molecule has 21 heavy (non-hydrogen) atoms. The number of hydrogen-bond donors (Lipinski definition) is 1. The van der Waals surface area contributed by atoms with E-state index < -0.39 is 0 Å². The van der Waals surface area contributed by atoms with E-state index in [0.717, 1.165) is 17.9 Å². The van der Waals surface area contributed by atoms with Gasteiger partial charge in [-0.15, -0.1) is 0 Å². The predicted octanol–water partition coefficient (Wildman–Crippen LogP) is 4.20. The van der Waals surface area contributed by atoms with E-state index in [1.165, 1.54) is 83.8 Å². The molecule has 2 unspecified atom stereocenters. The molecule has 1 saturated heterocycles. The number of hydrogen-bond acceptors (Lipinski definition) is 2. The molecule has 3 aliphatic rings. The van der Waals surface area contributed by atoms with Gasteiger partial charge in [-0.1, -0.05) is 46.0 Å². The molecular weight excluding hydrogens is 256 g/mol. The number of rotatable bonds is 7. The van der Waals surface area contributed by atoms with E-state index in [2.05, 4.69) is 24.1 Å². The molecular formula is C19H36N2. The van der Waals surface area contributed by atoms with Crippen molar-refractivity contribution in [3.63, 3.8) is 0 Å². The van der Waals surface area contributed by atoms with Gasteiger partial charge in [-0.25, -0.2) is 0 Å². The Kier molecular flexibility index (Phi) is 5.27. The quantitative estimate of drug-likeness (QED) is 0.756. The maximum atomic E-state index is 3.99. The molecule has 0 radical (unpaired) electrons. The van der Waals surface area contributed by atoms with Crippen LogP contribution in [-0.4, -0.2) is 36.1 Å². The molecule has 2 aliphatic carbocycles. The molecule has 0 aromatic rings. The lowest BCUT2D eigenvalue weighted by Crippen LogP contribution is -2.64. The first-order valence-electron chi connectivity index (χ1n) is 9.75. The first-order chi connectivity index (χ1) is 10.3. The van der Waals surface area contributed by atoms with Gasteiger partial charge in [0.15, 0.2) is 0 Å². The van der Waals surface area contributed by atoms with Crippen LogP contribution in [0.1, 0.15) is 78.1 Å². The van der Waals surface area contributed by atoms with Gasteiger partial charge in [-0.05, 0) is 43.9 Å². The van der Waals surface area contributed by atoms with Crippen molar-refractivity contribution in [2.45, 2.75) is 89.6 Å². The van der Waals surface area contributed by atoms with Crippen LogP contribution in [0.4, 0.5) is 0 Å². The average molecular weight is 293 g/mol. The zero-order valence-electron chi connectivity index (χ0n) is 14.4. The Morgan fingerprint density at radius 1 is 1.19 bits per heavy atom. The summed E-state index contributed by atoms with van der Waals surface area (Å²) in [5, 5.41) is 3.99. The van der Waals surface area contributed by atoms with Crippen LogP contribution in [0.2, 0.25) is 0 Å². The molecule has 2 heteroatoms. The van der Waals surface area contributed by atoms with Crippen LogP contribution in [0.5, 0.6) is 0 Å². The Bertz CT molecular complexity index is 318. The van der Waals surface area contributed by atoms with Gasteiger partial charge < -0.3 is 5.32 Å². The van der Waals surface area contributed by atoms with Crippen molar-refractivity contribution in [1.82, 2.24) is 10.2 Å². The Labute approximate surface area is 132 Å². The smallest absolute Gasteiger partial charge is 0.0309 e. The van der Waals surface area contributed by atoms with E-state index in [-0.39, 0.29) is 0 Å². The van der Waals surface area contributed by atoms with Gasteiger partial charge in [-0.3, -0.25) is 4.90 Å². The summed E-state index contributed by atoms with van der Waals surface area (Å²) in [5.41, 5.74) is 0.494. The van der Waals surface area contributed by atoms with Crippen molar-refractivity contribution in [1.29, 1.82) is 0 Å². The van der Waals surface area contributed by atoms with Crippen molar-refractivity contribution in [2.24, 2.45) is 11.8 Å². The summed E-state index contributed by atoms with van der Waals surface area (Å²) < 4.78 is 0. The van der Waals surface area contributed by atoms with Gasteiger partial charge in [0, 0.05) is 31.2 Å². The summed E-state index contributed by atoms with van der Waals surface area (Å²) in [7, 11) is 0. The van der Waals surface area contributed by atoms with Crippen LogP contribution in [0, 0.1) is 11.8 Å². The lowest BCUT2D eigenvalue weighted by Gasteiger charge is -2.47. The van der Waals surface area contributed by atoms with Crippen LogP contribution >= 0.6 is 0 Å². The second-order valence-electron chi connectivity index (χ2n) is 8.12. The summed E-state index contributed by atoms with van der Waals surface area (Å²) in [6.45, 7) is 8.73. The standard InChI is InChI=1S/C19H36N2/c1-3-5-8-16(4-2)14-21-15-19(11-6-7-12-19)20-13-18(21)17-9-10-17/h16-18,20H,3-15H2,1-2H3. The summed E-state index contributed by atoms with van der Waals surface area (Å²) in [4.78, 5) is 2.93. The van der Waals surface area contributed by atoms with E-state index in [0.29, 0.717) is 5.54 Å². The third-order valence-corrected chi connectivity index (χ3v) is 6.42. The van der Waals surface area contributed by atoms with Crippen LogP contribution in [0.25, 0.3) is 0 Å². The van der Waals surface area contributed by atoms with Gasteiger partial charge in [-0.2, -0.15) is 0 Å². The van der Waals surface area contributed by atoms with E-state index in [1.807, 2.05) is 0 Å². The Hall–Kier alpha value is -0.0800. The van der Waals surface area contributed by atoms with Gasteiger partial charge in [0.2, 0.25) is 0 Å². The van der Waals surface area contributed by atoms with Gasteiger partial charge in [0.05, 0.1) is 0 Å². The fourth-order valence-corrected chi connectivity index (χ4v) is 4.79. The van der Waals surface area contributed by atoms with E-state index in [1.54, 1.807) is 0 Å². The second-order valence-corrected chi connectivity index (χ2v) is 8.12. The van der Waals surface area contributed by atoms with Crippen LogP contribution in [0.3, 0.4) is 0 Å². The highest BCUT2D eigenvalue weighted by Crippen LogP contribution is 2.41. The second kappa shape index (κ2) is 7.00. The summed E-state index contributed by atoms with van der Waals surface area (Å²) >= 11 is 0. The van der Waals surface area contributed by atoms with Crippen LogP contribution in [-0.2, 0) is 0 Å². The van der Waals surface area contributed by atoms with Crippen LogP contribution in [0.15, 0.2) is 0 Å². The molecule has 2 saturated carbocycles. The van der Waals surface area contributed by atoms with Crippen molar-refractivity contribution >= 4 is 0 Å². The van der Waals surface area contributed by atoms with Crippen molar-refractivity contribution in [3.05, 3.63) is 0 Å². The summed E-state index contributed by atoms with van der Waals surface area (Å²) in [6, 6.07) is 0.854. The zero-order chi connectivity index (χ0) is 14.7. The van der Waals surface area contributed by atoms with Gasteiger partial charge >= 0.3 is 0 Å². The third-order valence-electron chi connectivity index (χ3n) is 6.42. The van der Waals surface area contributed by atoms with Crippen LogP contribution < -0.4 is 5.32 Å². The molecule has 0 aromatic carbocycles. The Balaban J connectivity index is 1.62. The fourth-order valence-electron chi connectivity index (χ4n) is 4.79. The molecule has 1 N–H and O–H groups in total. The Morgan fingerprint density at radius 2 is 1.95 bits per heavy atom. The molecule has 122 valence electrons. The predicted molar refractivity (Wildman–Crippen MR) is 90.6 cm³/mol. The third kappa shape index (κ3) is 3.82. The molecule has 3 rings (SSSR count). The average Bonchev–Trinajstić information content (AvgIpc) is 3.25. The maximum absolute atomic E-state index is 3.99. The minimum Gasteiger partial charge on any atom is -0.308 e. The molecule has 0 amide bonds. The number of nitrogens with one attached hydrogen (secondary N) is 1. The van der Waals surface area contributed by atoms with Crippen molar-refractivity contribution < 1.29 is 0 Å². The SMILES string of the molecule is CCCCC(CC)CN1CC2(CCCC2)NCC1C1CC1. The van der Waals surface area contributed by atoms with E-state index >= 15 is 0 Å². The van der Waals surface area contributed by atoms with Crippen molar-refractivity contribution in [3.8, 4) is 0 Å². The highest BCUT2D eigenvalue weighted by molar-refractivity contribution is 5.04. The highest BCUT2D eigenvalue weighted by atomic mass is 15.3. The highest BCUT2D eigenvalue weighted by Gasteiger charge is 2.45. The van der Waals surface area contributed by atoms with Gasteiger partial charge in [0.1, 0.15) is 0 Å². The lowest BCUT2D eigenvalue weighted by atomic mass is 9.89. The maximum Gasteiger partial charge on any atom is 0.0309 e. The number of nitrogens with zero attached hydrogens (tertiary/aromatic N) is 1. The number of unbranched alkanes of at least 4 members (excludes halogenated alkanes) is 1. The minimum absolute atomic E-state index is 0.494. The molecule has 1 aliphatic heterocycles. The normalized spacial score (nSPS) is 30.9. The molecule has 0 bridgehead atoms. The number of piperazine rings is 1.